The number of carbonyl (C=O) groups is 1. The van der Waals surface area contributed by atoms with Crippen molar-refractivity contribution in [3.05, 3.63) is 0 Å². The fourth-order valence-electron chi connectivity index (χ4n) is 2.57. The highest BCUT2D eigenvalue weighted by molar-refractivity contribution is 6.06. The Morgan fingerprint density at radius 1 is 1.44 bits per heavy atom. The van der Waals surface area contributed by atoms with E-state index in [9.17, 15) is 4.79 Å². The molecule has 1 amide bonds. The number of amides is 1. The largest absolute Gasteiger partial charge is 0.409 e. The van der Waals surface area contributed by atoms with Crippen molar-refractivity contribution in [1.82, 2.24) is 5.32 Å². The normalized spacial score (nSPS) is 23.8. The number of nitrogens with zero attached hydrogens (tertiary/aromatic N) is 1. The summed E-state index contributed by atoms with van der Waals surface area (Å²) in [5.41, 5.74) is 4.84. The van der Waals surface area contributed by atoms with Crippen LogP contribution in [0, 0.1) is 11.3 Å². The van der Waals surface area contributed by atoms with E-state index in [1.54, 1.807) is 0 Å². The van der Waals surface area contributed by atoms with E-state index < -0.39 is 5.41 Å². The fraction of sp³-hybridized carbons (Fsp3) is 0.846. The van der Waals surface area contributed by atoms with Gasteiger partial charge in [-0.1, -0.05) is 32.3 Å². The summed E-state index contributed by atoms with van der Waals surface area (Å²) in [7, 11) is 0. The van der Waals surface area contributed by atoms with E-state index in [4.69, 9.17) is 10.9 Å². The van der Waals surface area contributed by atoms with Crippen molar-refractivity contribution >= 4 is 11.7 Å². The minimum absolute atomic E-state index is 0.0118. The molecular formula is C13H25N3O2. The molecule has 1 rings (SSSR count). The van der Waals surface area contributed by atoms with E-state index in [1.165, 1.54) is 0 Å². The average Bonchev–Trinajstić information content (AvgIpc) is 3.09. The summed E-state index contributed by atoms with van der Waals surface area (Å²) in [6.45, 7) is 5.92. The van der Waals surface area contributed by atoms with Crippen LogP contribution in [0.1, 0.15) is 52.9 Å². The fourth-order valence-corrected chi connectivity index (χ4v) is 2.57. The minimum Gasteiger partial charge on any atom is -0.409 e. The Morgan fingerprint density at radius 3 is 2.50 bits per heavy atom. The maximum absolute atomic E-state index is 12.3. The van der Waals surface area contributed by atoms with Crippen molar-refractivity contribution in [1.29, 1.82) is 0 Å². The lowest BCUT2D eigenvalue weighted by atomic mass is 9.80. The lowest BCUT2D eigenvalue weighted by Gasteiger charge is -2.28. The first-order valence-electron chi connectivity index (χ1n) is 6.84. The lowest BCUT2D eigenvalue weighted by Crippen LogP contribution is -2.50. The topological polar surface area (TPSA) is 87.7 Å². The van der Waals surface area contributed by atoms with Crippen molar-refractivity contribution in [2.45, 2.75) is 58.9 Å². The molecule has 1 aliphatic carbocycles. The van der Waals surface area contributed by atoms with E-state index >= 15 is 0 Å². The van der Waals surface area contributed by atoms with Gasteiger partial charge in [-0.05, 0) is 31.6 Å². The van der Waals surface area contributed by atoms with Crippen LogP contribution >= 0.6 is 0 Å². The second kappa shape index (κ2) is 6.07. The average molecular weight is 255 g/mol. The van der Waals surface area contributed by atoms with Gasteiger partial charge in [0.2, 0.25) is 5.91 Å². The number of hydrogen-bond donors (Lipinski definition) is 3. The van der Waals surface area contributed by atoms with Crippen molar-refractivity contribution in [3.63, 3.8) is 0 Å². The second-order valence-corrected chi connectivity index (χ2v) is 5.14. The van der Waals surface area contributed by atoms with Crippen LogP contribution in [0.5, 0.6) is 0 Å². The zero-order chi connectivity index (χ0) is 13.8. The number of amidine groups is 1. The standard InChI is InChI=1S/C13H25N3O2/c1-4-7-9-8-10(9)15-12(17)13(5-2,6-3)11(14)16-18/h9-10,18H,4-8H2,1-3H3,(H2,14,16)(H,15,17). The summed E-state index contributed by atoms with van der Waals surface area (Å²) in [5.74, 6) is 0.516. The van der Waals surface area contributed by atoms with Crippen molar-refractivity contribution in [2.24, 2.45) is 22.2 Å². The van der Waals surface area contributed by atoms with Gasteiger partial charge < -0.3 is 16.3 Å². The molecular weight excluding hydrogens is 230 g/mol. The van der Waals surface area contributed by atoms with Crippen LogP contribution in [0.4, 0.5) is 0 Å². The zero-order valence-electron chi connectivity index (χ0n) is 11.6. The lowest BCUT2D eigenvalue weighted by molar-refractivity contribution is -0.128. The molecule has 0 aromatic carbocycles. The Morgan fingerprint density at radius 2 is 2.06 bits per heavy atom. The van der Waals surface area contributed by atoms with Gasteiger partial charge in [-0.15, -0.1) is 0 Å². The molecule has 1 fully saturated rings. The van der Waals surface area contributed by atoms with E-state index in [2.05, 4.69) is 17.4 Å². The summed E-state index contributed by atoms with van der Waals surface area (Å²) in [6.07, 6.45) is 4.43. The molecule has 0 saturated heterocycles. The Kier molecular flexibility index (Phi) is 4.99. The van der Waals surface area contributed by atoms with Gasteiger partial charge >= 0.3 is 0 Å². The number of nitrogens with two attached hydrogens (primary N) is 1. The van der Waals surface area contributed by atoms with E-state index in [0.29, 0.717) is 18.8 Å². The molecule has 5 nitrogen and oxygen atoms in total. The monoisotopic (exact) mass is 255 g/mol. The minimum atomic E-state index is -0.867. The summed E-state index contributed by atoms with van der Waals surface area (Å²) in [5, 5.41) is 14.9. The SMILES string of the molecule is CCCC1CC1NC(=O)C(CC)(CC)C(N)=NO. The molecule has 0 heterocycles. The summed E-state index contributed by atoms with van der Waals surface area (Å²) < 4.78 is 0. The molecule has 2 atom stereocenters. The zero-order valence-corrected chi connectivity index (χ0v) is 11.6. The van der Waals surface area contributed by atoms with Gasteiger partial charge in [0.15, 0.2) is 5.84 Å². The predicted molar refractivity (Wildman–Crippen MR) is 71.4 cm³/mol. The molecule has 0 aromatic rings. The Balaban J connectivity index is 2.67. The summed E-state index contributed by atoms with van der Waals surface area (Å²) >= 11 is 0. The number of oxime groups is 1. The van der Waals surface area contributed by atoms with Crippen molar-refractivity contribution in [3.8, 4) is 0 Å². The molecule has 0 spiro atoms. The molecule has 2 unspecified atom stereocenters. The van der Waals surface area contributed by atoms with Gasteiger partial charge in [0.1, 0.15) is 5.41 Å². The van der Waals surface area contributed by atoms with Crippen molar-refractivity contribution in [2.75, 3.05) is 0 Å². The highest BCUT2D eigenvalue weighted by Crippen LogP contribution is 2.36. The van der Waals surface area contributed by atoms with Crippen LogP contribution in [0.25, 0.3) is 0 Å². The van der Waals surface area contributed by atoms with Gasteiger partial charge in [-0.25, -0.2) is 0 Å². The third-order valence-electron chi connectivity index (χ3n) is 4.14. The molecule has 1 saturated carbocycles. The molecule has 4 N–H and O–H groups in total. The molecule has 104 valence electrons. The van der Waals surface area contributed by atoms with Crippen molar-refractivity contribution < 1.29 is 10.0 Å². The third-order valence-corrected chi connectivity index (χ3v) is 4.14. The van der Waals surface area contributed by atoms with Gasteiger partial charge in [0.05, 0.1) is 0 Å². The first-order chi connectivity index (χ1) is 8.55. The van der Waals surface area contributed by atoms with Gasteiger partial charge in [0, 0.05) is 6.04 Å². The first-order valence-corrected chi connectivity index (χ1v) is 6.84. The van der Waals surface area contributed by atoms with Gasteiger partial charge in [-0.3, -0.25) is 4.79 Å². The van der Waals surface area contributed by atoms with Crippen LogP contribution in [0.15, 0.2) is 5.16 Å². The van der Waals surface area contributed by atoms with Crippen LogP contribution in [0.2, 0.25) is 0 Å². The molecule has 0 radical (unpaired) electrons. The maximum Gasteiger partial charge on any atom is 0.234 e. The smallest absolute Gasteiger partial charge is 0.234 e. The van der Waals surface area contributed by atoms with Gasteiger partial charge in [0.25, 0.3) is 0 Å². The van der Waals surface area contributed by atoms with Crippen LogP contribution in [-0.4, -0.2) is 23.0 Å². The molecule has 0 aromatic heterocycles. The molecule has 18 heavy (non-hydrogen) atoms. The Hall–Kier alpha value is -1.26. The van der Waals surface area contributed by atoms with Crippen LogP contribution in [-0.2, 0) is 4.79 Å². The number of rotatable bonds is 7. The Labute approximate surface area is 109 Å². The van der Waals surface area contributed by atoms with Crippen LogP contribution < -0.4 is 11.1 Å². The maximum atomic E-state index is 12.3. The number of hydrogen-bond acceptors (Lipinski definition) is 3. The number of nitrogens with one attached hydrogen (secondary N) is 1. The first kappa shape index (κ1) is 14.8. The van der Waals surface area contributed by atoms with E-state index in [0.717, 1.165) is 19.3 Å². The molecule has 1 aliphatic rings. The number of carbonyl (C=O) groups excluding carboxylic acids is 1. The van der Waals surface area contributed by atoms with E-state index in [-0.39, 0.29) is 17.8 Å². The predicted octanol–water partition coefficient (Wildman–Crippen LogP) is 1.84. The third kappa shape index (κ3) is 2.76. The highest BCUT2D eigenvalue weighted by Gasteiger charge is 2.44. The second-order valence-electron chi connectivity index (χ2n) is 5.14. The van der Waals surface area contributed by atoms with E-state index in [1.807, 2.05) is 13.8 Å². The molecule has 0 aliphatic heterocycles. The summed E-state index contributed by atoms with van der Waals surface area (Å²) in [4.78, 5) is 12.3. The summed E-state index contributed by atoms with van der Waals surface area (Å²) in [6, 6.07) is 0.279. The molecule has 5 heteroatoms. The highest BCUT2D eigenvalue weighted by atomic mass is 16.4. The quantitative estimate of drug-likeness (QED) is 0.281. The Bertz CT molecular complexity index is 324. The van der Waals surface area contributed by atoms with Crippen LogP contribution in [0.3, 0.4) is 0 Å². The van der Waals surface area contributed by atoms with Gasteiger partial charge in [-0.2, -0.15) is 0 Å². The molecule has 0 bridgehead atoms.